The molecule has 2 nitrogen and oxygen atoms in total. The Balaban J connectivity index is 2.31. The van der Waals surface area contributed by atoms with Crippen molar-refractivity contribution in [1.82, 2.24) is 10.2 Å². The van der Waals surface area contributed by atoms with Gasteiger partial charge in [0.15, 0.2) is 0 Å². The van der Waals surface area contributed by atoms with E-state index in [0.29, 0.717) is 5.92 Å². The Morgan fingerprint density at radius 2 is 2.29 bits per heavy atom. The Morgan fingerprint density at radius 1 is 1.47 bits per heavy atom. The number of aromatic amines is 1. The minimum absolute atomic E-state index is 0.584. The van der Waals surface area contributed by atoms with Crippen LogP contribution in [0.4, 0.5) is 0 Å². The average molecular weight is 228 g/mol. The minimum Gasteiger partial charge on any atom is -0.278 e. The third kappa shape index (κ3) is 1.50. The third-order valence-electron chi connectivity index (χ3n) is 4.19. The maximum absolute atomic E-state index is 4.21. The molecule has 1 aromatic heterocycles. The van der Waals surface area contributed by atoms with Gasteiger partial charge in [0.05, 0.1) is 11.7 Å². The van der Waals surface area contributed by atoms with Crippen LogP contribution in [0, 0.1) is 0 Å². The number of fused-ring (bicyclic) bond motifs is 2. The van der Waals surface area contributed by atoms with E-state index in [4.69, 9.17) is 0 Å². The molecule has 1 heterocycles. The molecule has 0 fully saturated rings. The van der Waals surface area contributed by atoms with Crippen LogP contribution in [-0.2, 0) is 6.42 Å². The first-order valence-electron chi connectivity index (χ1n) is 6.71. The van der Waals surface area contributed by atoms with Crippen molar-refractivity contribution in [2.24, 2.45) is 0 Å². The van der Waals surface area contributed by atoms with Gasteiger partial charge in [-0.15, -0.1) is 0 Å². The standard InChI is InChI=1S/C15H20N2/c1-4-10-5-6-11-12(10)7-14-13(8-16-17-14)15(11)9(2)3/h7-10H,4-6H2,1-3H3,(H,16,17). The minimum atomic E-state index is 0.584. The quantitative estimate of drug-likeness (QED) is 0.822. The first-order chi connectivity index (χ1) is 8.22. The van der Waals surface area contributed by atoms with Crippen LogP contribution in [0.1, 0.15) is 62.1 Å². The van der Waals surface area contributed by atoms with Crippen LogP contribution in [0.5, 0.6) is 0 Å². The predicted molar refractivity (Wildman–Crippen MR) is 71.5 cm³/mol. The zero-order valence-corrected chi connectivity index (χ0v) is 10.9. The molecule has 0 spiro atoms. The lowest BCUT2D eigenvalue weighted by Crippen LogP contribution is -1.98. The molecule has 0 bridgehead atoms. The molecule has 1 unspecified atom stereocenters. The molecule has 1 atom stereocenters. The van der Waals surface area contributed by atoms with E-state index in [1.54, 1.807) is 11.1 Å². The van der Waals surface area contributed by atoms with E-state index in [-0.39, 0.29) is 0 Å². The number of H-pyrrole nitrogens is 1. The van der Waals surface area contributed by atoms with Gasteiger partial charge in [-0.25, -0.2) is 0 Å². The smallest absolute Gasteiger partial charge is 0.0656 e. The number of nitrogens with zero attached hydrogens (tertiary/aromatic N) is 1. The largest absolute Gasteiger partial charge is 0.278 e. The monoisotopic (exact) mass is 228 g/mol. The third-order valence-corrected chi connectivity index (χ3v) is 4.19. The van der Waals surface area contributed by atoms with Crippen molar-refractivity contribution in [3.8, 4) is 0 Å². The molecule has 0 saturated carbocycles. The first-order valence-corrected chi connectivity index (χ1v) is 6.71. The second kappa shape index (κ2) is 3.86. The Morgan fingerprint density at radius 3 is 3.00 bits per heavy atom. The van der Waals surface area contributed by atoms with Gasteiger partial charge in [0.25, 0.3) is 0 Å². The normalized spacial score (nSPS) is 19.2. The van der Waals surface area contributed by atoms with Crippen molar-refractivity contribution in [3.63, 3.8) is 0 Å². The van der Waals surface area contributed by atoms with Crippen LogP contribution in [0.3, 0.4) is 0 Å². The van der Waals surface area contributed by atoms with E-state index >= 15 is 0 Å². The van der Waals surface area contributed by atoms with E-state index in [0.717, 1.165) is 5.92 Å². The van der Waals surface area contributed by atoms with Gasteiger partial charge in [0.1, 0.15) is 0 Å². The second-order valence-electron chi connectivity index (χ2n) is 5.49. The Hall–Kier alpha value is -1.31. The van der Waals surface area contributed by atoms with Gasteiger partial charge in [0.2, 0.25) is 0 Å². The fourth-order valence-corrected chi connectivity index (χ4v) is 3.38. The van der Waals surface area contributed by atoms with Crippen LogP contribution in [0.2, 0.25) is 0 Å². The Labute approximate surface area is 102 Å². The van der Waals surface area contributed by atoms with Crippen molar-refractivity contribution in [2.75, 3.05) is 0 Å². The van der Waals surface area contributed by atoms with Crippen LogP contribution >= 0.6 is 0 Å². The molecule has 0 aliphatic heterocycles. The van der Waals surface area contributed by atoms with E-state index in [2.05, 4.69) is 37.0 Å². The van der Waals surface area contributed by atoms with E-state index < -0.39 is 0 Å². The molecule has 17 heavy (non-hydrogen) atoms. The highest BCUT2D eigenvalue weighted by Gasteiger charge is 2.26. The molecule has 1 aliphatic carbocycles. The van der Waals surface area contributed by atoms with Crippen molar-refractivity contribution in [2.45, 2.75) is 51.9 Å². The number of rotatable bonds is 2. The number of hydrogen-bond acceptors (Lipinski definition) is 1. The maximum Gasteiger partial charge on any atom is 0.0656 e. The number of hydrogen-bond donors (Lipinski definition) is 1. The van der Waals surface area contributed by atoms with Gasteiger partial charge in [-0.2, -0.15) is 5.10 Å². The summed E-state index contributed by atoms with van der Waals surface area (Å²) in [4.78, 5) is 0. The number of benzene rings is 1. The van der Waals surface area contributed by atoms with Crippen LogP contribution in [0.25, 0.3) is 10.9 Å². The van der Waals surface area contributed by atoms with Crippen molar-refractivity contribution in [1.29, 1.82) is 0 Å². The lowest BCUT2D eigenvalue weighted by molar-refractivity contribution is 0.656. The van der Waals surface area contributed by atoms with Crippen LogP contribution < -0.4 is 0 Å². The SMILES string of the molecule is CCC1CCc2c1cc1[nH]ncc1c2C(C)C. The molecule has 3 rings (SSSR count). The van der Waals surface area contributed by atoms with Gasteiger partial charge in [-0.05, 0) is 53.9 Å². The summed E-state index contributed by atoms with van der Waals surface area (Å²) in [5, 5.41) is 8.68. The summed E-state index contributed by atoms with van der Waals surface area (Å²) in [7, 11) is 0. The summed E-state index contributed by atoms with van der Waals surface area (Å²) in [6.07, 6.45) is 5.82. The Kier molecular flexibility index (Phi) is 2.46. The molecular formula is C15H20N2. The van der Waals surface area contributed by atoms with Crippen LogP contribution in [-0.4, -0.2) is 10.2 Å². The van der Waals surface area contributed by atoms with E-state index in [1.807, 2.05) is 6.20 Å². The van der Waals surface area contributed by atoms with Crippen molar-refractivity contribution >= 4 is 10.9 Å². The topological polar surface area (TPSA) is 28.7 Å². The zero-order valence-electron chi connectivity index (χ0n) is 10.9. The summed E-state index contributed by atoms with van der Waals surface area (Å²) >= 11 is 0. The van der Waals surface area contributed by atoms with Gasteiger partial charge < -0.3 is 0 Å². The molecule has 0 radical (unpaired) electrons. The first kappa shape index (κ1) is 10.8. The van der Waals surface area contributed by atoms with Crippen molar-refractivity contribution < 1.29 is 0 Å². The lowest BCUT2D eigenvalue weighted by atomic mass is 9.89. The summed E-state index contributed by atoms with van der Waals surface area (Å²) in [5.41, 5.74) is 5.93. The fraction of sp³-hybridized carbons (Fsp3) is 0.533. The highest BCUT2D eigenvalue weighted by atomic mass is 15.1. The molecular weight excluding hydrogens is 208 g/mol. The second-order valence-corrected chi connectivity index (χ2v) is 5.49. The van der Waals surface area contributed by atoms with Gasteiger partial charge in [0, 0.05) is 5.39 Å². The summed E-state index contributed by atoms with van der Waals surface area (Å²) in [6, 6.07) is 2.34. The van der Waals surface area contributed by atoms with Gasteiger partial charge in [-0.3, -0.25) is 5.10 Å². The molecule has 1 aliphatic rings. The van der Waals surface area contributed by atoms with Gasteiger partial charge in [-0.1, -0.05) is 20.8 Å². The highest BCUT2D eigenvalue weighted by molar-refractivity contribution is 5.85. The van der Waals surface area contributed by atoms with Crippen LogP contribution in [0.15, 0.2) is 12.3 Å². The molecule has 0 saturated heterocycles. The lowest BCUT2D eigenvalue weighted by Gasteiger charge is -2.15. The molecule has 90 valence electrons. The van der Waals surface area contributed by atoms with E-state index in [9.17, 15) is 0 Å². The molecule has 2 heteroatoms. The summed E-state index contributed by atoms with van der Waals surface area (Å²) in [5.74, 6) is 1.34. The molecule has 1 N–H and O–H groups in total. The maximum atomic E-state index is 4.21. The predicted octanol–water partition coefficient (Wildman–Crippen LogP) is 4.13. The van der Waals surface area contributed by atoms with Gasteiger partial charge >= 0.3 is 0 Å². The van der Waals surface area contributed by atoms with E-state index in [1.165, 1.54) is 35.7 Å². The summed E-state index contributed by atoms with van der Waals surface area (Å²) < 4.78 is 0. The molecule has 1 aromatic carbocycles. The average Bonchev–Trinajstić information content (AvgIpc) is 2.90. The number of aromatic nitrogens is 2. The zero-order chi connectivity index (χ0) is 12.0. The Bertz CT molecular complexity index is 551. The molecule has 0 amide bonds. The fourth-order valence-electron chi connectivity index (χ4n) is 3.38. The summed E-state index contributed by atoms with van der Waals surface area (Å²) in [6.45, 7) is 6.88. The highest BCUT2D eigenvalue weighted by Crippen LogP contribution is 2.42. The van der Waals surface area contributed by atoms with Crippen molar-refractivity contribution in [3.05, 3.63) is 29.0 Å². The number of nitrogens with one attached hydrogen (secondary N) is 1. The molecule has 2 aromatic rings.